The fraction of sp³-hybridized carbons (Fsp3) is 0.128. The lowest BCUT2D eigenvalue weighted by molar-refractivity contribution is -0.137. The van der Waals surface area contributed by atoms with Gasteiger partial charge in [0.2, 0.25) is 0 Å². The number of nitrogens with zero attached hydrogens (tertiary/aromatic N) is 3. The lowest BCUT2D eigenvalue weighted by Crippen LogP contribution is -2.21. The highest BCUT2D eigenvalue weighted by atomic mass is 19.4. The second-order valence-corrected chi connectivity index (χ2v) is 11.4. The van der Waals surface area contributed by atoms with Gasteiger partial charge in [0.05, 0.1) is 28.3 Å². The van der Waals surface area contributed by atoms with Gasteiger partial charge in [-0.25, -0.2) is 9.97 Å². The molecule has 0 saturated heterocycles. The van der Waals surface area contributed by atoms with Gasteiger partial charge in [-0.2, -0.15) is 13.2 Å². The maximum Gasteiger partial charge on any atom is 0.417 e. The molecule has 0 fully saturated rings. The molecule has 5 heterocycles. The van der Waals surface area contributed by atoms with E-state index in [4.69, 9.17) is 9.97 Å². The Hall–Kier alpha value is -5.63. The summed E-state index contributed by atoms with van der Waals surface area (Å²) in [4.78, 5) is 18.8. The summed E-state index contributed by atoms with van der Waals surface area (Å²) in [6.45, 7) is 6.13. The Labute approximate surface area is 270 Å². The van der Waals surface area contributed by atoms with Crippen LogP contribution in [0.3, 0.4) is 0 Å². The first-order chi connectivity index (χ1) is 22.8. The van der Waals surface area contributed by atoms with Crippen molar-refractivity contribution in [3.8, 4) is 11.1 Å². The van der Waals surface area contributed by atoms with Crippen molar-refractivity contribution < 1.29 is 13.2 Å². The van der Waals surface area contributed by atoms with Crippen molar-refractivity contribution in [1.82, 2.24) is 19.9 Å². The van der Waals surface area contributed by atoms with Crippen LogP contribution in [0, 0.1) is 0 Å². The number of hydrogen-bond donors (Lipinski definition) is 2. The molecule has 2 N–H and O–H groups in total. The molecular weight excluding hydrogens is 595 g/mol. The topological polar surface area (TPSA) is 60.6 Å². The molecule has 8 heteroatoms. The van der Waals surface area contributed by atoms with Crippen molar-refractivity contribution in [3.05, 3.63) is 124 Å². The van der Waals surface area contributed by atoms with Crippen LogP contribution < -0.4 is 4.90 Å². The van der Waals surface area contributed by atoms with Crippen molar-refractivity contribution >= 4 is 64.2 Å². The number of alkyl halides is 3. The minimum atomic E-state index is -4.55. The zero-order chi connectivity index (χ0) is 32.5. The summed E-state index contributed by atoms with van der Waals surface area (Å²) in [5.41, 5.74) is 8.18. The van der Waals surface area contributed by atoms with Gasteiger partial charge in [-0.15, -0.1) is 0 Å². The molecule has 234 valence electrons. The number of hydrogen-bond acceptors (Lipinski definition) is 3. The molecule has 8 bridgehead atoms. The first-order valence-electron chi connectivity index (χ1n) is 15.6. The van der Waals surface area contributed by atoms with Gasteiger partial charge in [0, 0.05) is 52.0 Å². The highest BCUT2D eigenvalue weighted by Gasteiger charge is 2.34. The summed E-state index contributed by atoms with van der Waals surface area (Å²) >= 11 is 0. The fourth-order valence-corrected chi connectivity index (χ4v) is 6.07. The highest BCUT2D eigenvalue weighted by molar-refractivity contribution is 5.94. The molecule has 5 aromatic rings. The van der Waals surface area contributed by atoms with Crippen LogP contribution in [0.1, 0.15) is 53.3 Å². The first-order valence-corrected chi connectivity index (χ1v) is 15.6. The monoisotopic (exact) mass is 627 g/mol. The number of nitrogens with one attached hydrogen (secondary N) is 2. The predicted octanol–water partition coefficient (Wildman–Crippen LogP) is 10.4. The molecule has 0 spiro atoms. The molecule has 0 amide bonds. The van der Waals surface area contributed by atoms with E-state index in [0.29, 0.717) is 22.5 Å². The van der Waals surface area contributed by atoms with Gasteiger partial charge in [0.1, 0.15) is 0 Å². The molecular formula is C39H32F3N5. The van der Waals surface area contributed by atoms with Crippen LogP contribution in [0.4, 0.5) is 18.9 Å². The largest absolute Gasteiger partial charge is 0.417 e. The van der Waals surface area contributed by atoms with E-state index >= 15 is 0 Å². The third-order valence-corrected chi connectivity index (χ3v) is 8.40. The van der Waals surface area contributed by atoms with E-state index < -0.39 is 11.7 Å². The van der Waals surface area contributed by atoms with Crippen LogP contribution in [0.5, 0.6) is 0 Å². The number of benzene rings is 2. The molecule has 0 aliphatic carbocycles. The molecule has 0 saturated carbocycles. The maximum atomic E-state index is 14.3. The fourth-order valence-electron chi connectivity index (χ4n) is 6.07. The molecule has 7 rings (SSSR count). The van der Waals surface area contributed by atoms with E-state index in [1.807, 2.05) is 60.7 Å². The summed E-state index contributed by atoms with van der Waals surface area (Å²) in [6.07, 6.45) is 6.96. The summed E-state index contributed by atoms with van der Waals surface area (Å²) in [5, 5.41) is 0. The number of rotatable bonds is 6. The van der Waals surface area contributed by atoms with Crippen LogP contribution in [0.25, 0.3) is 69.6 Å². The van der Waals surface area contributed by atoms with Crippen LogP contribution in [-0.4, -0.2) is 33.0 Å². The molecule has 0 atom stereocenters. The van der Waals surface area contributed by atoms with E-state index in [1.54, 1.807) is 18.2 Å². The Balaban J connectivity index is 1.49. The zero-order valence-electron chi connectivity index (χ0n) is 25.9. The van der Waals surface area contributed by atoms with Crippen molar-refractivity contribution in [2.24, 2.45) is 0 Å². The van der Waals surface area contributed by atoms with Gasteiger partial charge in [0.15, 0.2) is 0 Å². The van der Waals surface area contributed by atoms with Gasteiger partial charge < -0.3 is 14.9 Å². The third kappa shape index (κ3) is 6.14. The number of fused-ring (bicyclic) bond motifs is 8. The van der Waals surface area contributed by atoms with Gasteiger partial charge in [-0.3, -0.25) is 0 Å². The molecule has 0 unspecified atom stereocenters. The SMILES string of the molecule is CCN(CC)c1ccc(/C=C/c2c3nc(c(-c4ccccc4C(F)(F)F)c4ccc(cc5nc(cc6ccc2[nH]6)C=C5)[nH]4)C=C3)cc1. The maximum absolute atomic E-state index is 14.3. The average molecular weight is 628 g/mol. The summed E-state index contributed by atoms with van der Waals surface area (Å²) in [5.74, 6) is 0. The second-order valence-electron chi connectivity index (χ2n) is 11.4. The van der Waals surface area contributed by atoms with E-state index in [-0.39, 0.29) is 5.56 Å². The summed E-state index contributed by atoms with van der Waals surface area (Å²) < 4.78 is 43.0. The van der Waals surface area contributed by atoms with E-state index in [0.717, 1.165) is 63.9 Å². The van der Waals surface area contributed by atoms with Crippen molar-refractivity contribution in [2.45, 2.75) is 20.0 Å². The van der Waals surface area contributed by atoms with Gasteiger partial charge >= 0.3 is 6.18 Å². The quantitative estimate of drug-likeness (QED) is 0.193. The molecule has 2 aliphatic heterocycles. The number of aromatic nitrogens is 4. The Bertz CT molecular complexity index is 2210. The molecule has 2 aliphatic rings. The first kappa shape index (κ1) is 30.0. The molecule has 0 radical (unpaired) electrons. The number of halogens is 3. The summed E-state index contributed by atoms with van der Waals surface area (Å²) in [6, 6.07) is 25.5. The van der Waals surface area contributed by atoms with E-state index in [9.17, 15) is 13.2 Å². The van der Waals surface area contributed by atoms with E-state index in [2.05, 4.69) is 53.0 Å². The smallest absolute Gasteiger partial charge is 0.372 e. The van der Waals surface area contributed by atoms with Crippen LogP contribution in [0.15, 0.2) is 84.9 Å². The zero-order valence-corrected chi connectivity index (χ0v) is 25.9. The predicted molar refractivity (Wildman–Crippen MR) is 188 cm³/mol. The van der Waals surface area contributed by atoms with Crippen LogP contribution >= 0.6 is 0 Å². The van der Waals surface area contributed by atoms with Crippen molar-refractivity contribution in [3.63, 3.8) is 0 Å². The number of H-pyrrole nitrogens is 2. The normalized spacial score (nSPS) is 12.7. The molecule has 5 nitrogen and oxygen atoms in total. The van der Waals surface area contributed by atoms with Crippen LogP contribution in [-0.2, 0) is 6.18 Å². The lowest BCUT2D eigenvalue weighted by Gasteiger charge is -2.20. The summed E-state index contributed by atoms with van der Waals surface area (Å²) in [7, 11) is 0. The third-order valence-electron chi connectivity index (χ3n) is 8.40. The lowest BCUT2D eigenvalue weighted by atomic mass is 9.98. The van der Waals surface area contributed by atoms with Gasteiger partial charge in [0.25, 0.3) is 0 Å². The van der Waals surface area contributed by atoms with Gasteiger partial charge in [-0.05, 0) is 104 Å². The minimum absolute atomic E-state index is 0.0510. The standard InChI is InChI=1S/C39H32F3N5/c1-3-47(4-2)30-16-9-25(10-17-30)11-18-32-34-19-14-28(44-34)23-26-12-13-27(43-26)24-29-15-20-36(45-29)38(37-22-21-35(32)46-37)31-7-5-6-8-33(31)39(40,41)42/h5-24,44-45H,3-4H2,1-2H3/b18-11+,26-23?,27-24?,28-23?,29-24?,34-32?,35-32?,38-36?,38-37?. The Morgan fingerprint density at radius 1 is 0.681 bits per heavy atom. The van der Waals surface area contributed by atoms with E-state index in [1.165, 1.54) is 12.1 Å². The Morgan fingerprint density at radius 2 is 1.32 bits per heavy atom. The molecule has 3 aromatic heterocycles. The van der Waals surface area contributed by atoms with Crippen LogP contribution in [0.2, 0.25) is 0 Å². The van der Waals surface area contributed by atoms with Gasteiger partial charge in [-0.1, -0.05) is 42.5 Å². The minimum Gasteiger partial charge on any atom is -0.372 e. The molecule has 2 aromatic carbocycles. The molecule has 47 heavy (non-hydrogen) atoms. The Kier molecular flexibility index (Phi) is 7.85. The Morgan fingerprint density at radius 3 is 2.00 bits per heavy atom. The average Bonchev–Trinajstić information content (AvgIpc) is 3.89. The second kappa shape index (κ2) is 12.3. The highest BCUT2D eigenvalue weighted by Crippen LogP contribution is 2.40. The van der Waals surface area contributed by atoms with Crippen molar-refractivity contribution in [2.75, 3.05) is 18.0 Å². The van der Waals surface area contributed by atoms with Crippen molar-refractivity contribution in [1.29, 1.82) is 0 Å². The number of aromatic amines is 2. The number of anilines is 1.